The average Bonchev–Trinajstić information content (AvgIpc) is 1.84. The first-order valence-corrected chi connectivity index (χ1v) is 5.20. The molecule has 0 aliphatic carbocycles. The first-order valence-electron chi connectivity index (χ1n) is 4.04. The van der Waals surface area contributed by atoms with Crippen LogP contribution in [0.2, 0.25) is 0 Å². The van der Waals surface area contributed by atoms with Crippen molar-refractivity contribution in [3.63, 3.8) is 0 Å². The van der Waals surface area contributed by atoms with Gasteiger partial charge in [-0.1, -0.05) is 0 Å². The zero-order chi connectivity index (χ0) is 9.61. The van der Waals surface area contributed by atoms with Crippen molar-refractivity contribution in [2.24, 2.45) is 5.73 Å². The van der Waals surface area contributed by atoms with Crippen LogP contribution >= 0.6 is 11.8 Å². The van der Waals surface area contributed by atoms with Gasteiger partial charge in [0, 0.05) is 17.8 Å². The molecule has 0 atom stereocenters. The van der Waals surface area contributed by atoms with Gasteiger partial charge in [0.2, 0.25) is 5.91 Å². The molecule has 0 unspecified atom stereocenters. The van der Waals surface area contributed by atoms with E-state index in [1.807, 2.05) is 20.8 Å². The molecular weight excluding hydrogens is 172 g/mol. The molecule has 4 heteroatoms. The van der Waals surface area contributed by atoms with Gasteiger partial charge < -0.3 is 11.1 Å². The molecule has 3 nitrogen and oxygen atoms in total. The standard InChI is InChI=1S/C8H18N2OS/c1-8(2,3)10-7(11)6-12-5-4-9/h4-6,9H2,1-3H3,(H,10,11). The average molecular weight is 190 g/mol. The number of carbonyl (C=O) groups is 1. The van der Waals surface area contributed by atoms with E-state index in [9.17, 15) is 4.79 Å². The van der Waals surface area contributed by atoms with Crippen LogP contribution in [0.3, 0.4) is 0 Å². The van der Waals surface area contributed by atoms with Gasteiger partial charge in [-0.3, -0.25) is 4.79 Å². The molecule has 0 spiro atoms. The molecule has 0 aromatic heterocycles. The van der Waals surface area contributed by atoms with Crippen LogP contribution in [0.1, 0.15) is 20.8 Å². The summed E-state index contributed by atoms with van der Waals surface area (Å²) >= 11 is 1.56. The quantitative estimate of drug-likeness (QED) is 0.638. The van der Waals surface area contributed by atoms with Crippen LogP contribution in [0, 0.1) is 0 Å². The minimum absolute atomic E-state index is 0.0842. The summed E-state index contributed by atoms with van der Waals surface area (Å²) < 4.78 is 0. The Morgan fingerprint density at radius 3 is 2.50 bits per heavy atom. The molecule has 0 radical (unpaired) electrons. The molecular formula is C8H18N2OS. The van der Waals surface area contributed by atoms with E-state index in [-0.39, 0.29) is 11.4 Å². The molecule has 0 aliphatic heterocycles. The lowest BCUT2D eigenvalue weighted by Crippen LogP contribution is -2.41. The fraction of sp³-hybridized carbons (Fsp3) is 0.875. The maximum Gasteiger partial charge on any atom is 0.230 e. The van der Waals surface area contributed by atoms with Crippen molar-refractivity contribution in [1.82, 2.24) is 5.32 Å². The maximum absolute atomic E-state index is 11.2. The van der Waals surface area contributed by atoms with Gasteiger partial charge in [-0.25, -0.2) is 0 Å². The molecule has 3 N–H and O–H groups in total. The number of nitrogens with one attached hydrogen (secondary N) is 1. The van der Waals surface area contributed by atoms with Crippen molar-refractivity contribution < 1.29 is 4.79 Å². The van der Waals surface area contributed by atoms with Crippen LogP contribution in [0.5, 0.6) is 0 Å². The monoisotopic (exact) mass is 190 g/mol. The Kier molecular flexibility index (Phi) is 5.33. The lowest BCUT2D eigenvalue weighted by atomic mass is 10.1. The molecule has 12 heavy (non-hydrogen) atoms. The molecule has 72 valence electrons. The van der Waals surface area contributed by atoms with Crippen LogP contribution in [0.25, 0.3) is 0 Å². The van der Waals surface area contributed by atoms with Gasteiger partial charge >= 0.3 is 0 Å². The van der Waals surface area contributed by atoms with E-state index in [4.69, 9.17) is 5.73 Å². The minimum Gasteiger partial charge on any atom is -0.351 e. The second-order valence-corrected chi connectivity index (χ2v) is 4.74. The van der Waals surface area contributed by atoms with Gasteiger partial charge in [-0.2, -0.15) is 11.8 Å². The van der Waals surface area contributed by atoms with Gasteiger partial charge in [0.05, 0.1) is 5.75 Å². The number of nitrogens with two attached hydrogens (primary N) is 1. The third-order valence-electron chi connectivity index (χ3n) is 1.01. The summed E-state index contributed by atoms with van der Waals surface area (Å²) in [5.41, 5.74) is 5.16. The van der Waals surface area contributed by atoms with Crippen molar-refractivity contribution in [2.45, 2.75) is 26.3 Å². The number of hydrogen-bond acceptors (Lipinski definition) is 3. The predicted octanol–water partition coefficient (Wildman–Crippen LogP) is 0.593. The third-order valence-corrected chi connectivity index (χ3v) is 2.00. The van der Waals surface area contributed by atoms with Gasteiger partial charge in [-0.15, -0.1) is 0 Å². The first kappa shape index (κ1) is 11.8. The van der Waals surface area contributed by atoms with Crippen molar-refractivity contribution in [1.29, 1.82) is 0 Å². The number of hydrogen-bond donors (Lipinski definition) is 2. The van der Waals surface area contributed by atoms with Gasteiger partial charge in [0.15, 0.2) is 0 Å². The molecule has 0 fully saturated rings. The normalized spacial score (nSPS) is 11.3. The van der Waals surface area contributed by atoms with Crippen LogP contribution in [-0.2, 0) is 4.79 Å². The minimum atomic E-state index is -0.125. The Morgan fingerprint density at radius 2 is 2.08 bits per heavy atom. The topological polar surface area (TPSA) is 55.1 Å². The molecule has 0 rings (SSSR count). The summed E-state index contributed by atoms with van der Waals surface area (Å²) in [6, 6.07) is 0. The molecule has 0 aliphatic rings. The van der Waals surface area contributed by atoms with Gasteiger partial charge in [-0.05, 0) is 20.8 Å². The Balaban J connectivity index is 3.47. The molecule has 0 heterocycles. The molecule has 0 bridgehead atoms. The van der Waals surface area contributed by atoms with E-state index < -0.39 is 0 Å². The number of carbonyl (C=O) groups excluding carboxylic acids is 1. The Bertz CT molecular complexity index is 142. The lowest BCUT2D eigenvalue weighted by molar-refractivity contribution is -0.119. The summed E-state index contributed by atoms with van der Waals surface area (Å²) in [5, 5.41) is 2.88. The third kappa shape index (κ3) is 7.88. The van der Waals surface area contributed by atoms with Gasteiger partial charge in [0.1, 0.15) is 0 Å². The SMILES string of the molecule is CC(C)(C)NC(=O)CSCCN. The number of thioether (sulfide) groups is 1. The van der Waals surface area contributed by atoms with Crippen LogP contribution in [0.15, 0.2) is 0 Å². The van der Waals surface area contributed by atoms with Crippen LogP contribution in [-0.4, -0.2) is 29.5 Å². The highest BCUT2D eigenvalue weighted by molar-refractivity contribution is 7.99. The zero-order valence-corrected chi connectivity index (χ0v) is 8.83. The first-order chi connectivity index (χ1) is 5.45. The Morgan fingerprint density at radius 1 is 1.50 bits per heavy atom. The fourth-order valence-electron chi connectivity index (χ4n) is 0.703. The summed E-state index contributed by atoms with van der Waals surface area (Å²) in [6.45, 7) is 6.54. The molecule has 0 saturated heterocycles. The smallest absolute Gasteiger partial charge is 0.230 e. The van der Waals surface area contributed by atoms with E-state index in [2.05, 4.69) is 5.32 Å². The summed E-state index contributed by atoms with van der Waals surface area (Å²) in [7, 11) is 0. The molecule has 0 saturated carbocycles. The second kappa shape index (κ2) is 5.43. The van der Waals surface area contributed by atoms with Crippen LogP contribution in [0.4, 0.5) is 0 Å². The van der Waals surface area contributed by atoms with E-state index in [1.165, 1.54) is 0 Å². The van der Waals surface area contributed by atoms with Crippen molar-refractivity contribution >= 4 is 17.7 Å². The second-order valence-electron chi connectivity index (χ2n) is 3.64. The highest BCUT2D eigenvalue weighted by atomic mass is 32.2. The highest BCUT2D eigenvalue weighted by Gasteiger charge is 2.12. The van der Waals surface area contributed by atoms with E-state index in [0.29, 0.717) is 12.3 Å². The Labute approximate surface area is 78.5 Å². The maximum atomic E-state index is 11.2. The van der Waals surface area contributed by atoms with E-state index >= 15 is 0 Å². The molecule has 0 aromatic carbocycles. The summed E-state index contributed by atoms with van der Waals surface area (Å²) in [5.74, 6) is 1.44. The van der Waals surface area contributed by atoms with Gasteiger partial charge in [0.25, 0.3) is 0 Å². The van der Waals surface area contributed by atoms with E-state index in [0.717, 1.165) is 5.75 Å². The summed E-state index contributed by atoms with van der Waals surface area (Å²) in [6.07, 6.45) is 0. The number of rotatable bonds is 4. The predicted molar refractivity (Wildman–Crippen MR) is 54.3 cm³/mol. The number of amides is 1. The zero-order valence-electron chi connectivity index (χ0n) is 8.02. The lowest BCUT2D eigenvalue weighted by Gasteiger charge is -2.20. The van der Waals surface area contributed by atoms with Crippen molar-refractivity contribution in [3.8, 4) is 0 Å². The van der Waals surface area contributed by atoms with Crippen molar-refractivity contribution in [2.75, 3.05) is 18.1 Å². The van der Waals surface area contributed by atoms with Crippen molar-refractivity contribution in [3.05, 3.63) is 0 Å². The fourth-order valence-corrected chi connectivity index (χ4v) is 1.27. The molecule has 1 amide bonds. The van der Waals surface area contributed by atoms with E-state index in [1.54, 1.807) is 11.8 Å². The van der Waals surface area contributed by atoms with Crippen LogP contribution < -0.4 is 11.1 Å². The molecule has 0 aromatic rings. The summed E-state index contributed by atoms with van der Waals surface area (Å²) in [4.78, 5) is 11.2. The Hall–Kier alpha value is -0.220. The highest BCUT2D eigenvalue weighted by Crippen LogP contribution is 2.01. The largest absolute Gasteiger partial charge is 0.351 e.